The summed E-state index contributed by atoms with van der Waals surface area (Å²) in [5, 5.41) is 0. The van der Waals surface area contributed by atoms with Crippen molar-refractivity contribution >= 4 is 10.2 Å². The van der Waals surface area contributed by atoms with Crippen LogP contribution in [0.15, 0.2) is 30.3 Å². The second-order valence-electron chi connectivity index (χ2n) is 6.84. The summed E-state index contributed by atoms with van der Waals surface area (Å²) in [5.41, 5.74) is 1.07. The summed E-state index contributed by atoms with van der Waals surface area (Å²) >= 11 is 0. The van der Waals surface area contributed by atoms with Crippen LogP contribution in [0.25, 0.3) is 0 Å². The fourth-order valence-corrected chi connectivity index (χ4v) is 5.31. The van der Waals surface area contributed by atoms with Gasteiger partial charge in [-0.3, -0.25) is 0 Å². The molecule has 0 spiro atoms. The van der Waals surface area contributed by atoms with Crippen molar-refractivity contribution < 1.29 is 13.2 Å². The molecule has 6 heteroatoms. The van der Waals surface area contributed by atoms with Gasteiger partial charge in [0.25, 0.3) is 10.2 Å². The average Bonchev–Trinajstić information content (AvgIpc) is 3.29. The zero-order valence-corrected chi connectivity index (χ0v) is 14.1. The Balaban J connectivity index is 1.58. The van der Waals surface area contributed by atoms with E-state index in [4.69, 9.17) is 4.74 Å². The summed E-state index contributed by atoms with van der Waals surface area (Å²) in [5.74, 6) is 0.526. The van der Waals surface area contributed by atoms with E-state index in [-0.39, 0.29) is 12.2 Å². The van der Waals surface area contributed by atoms with Crippen molar-refractivity contribution in [1.82, 2.24) is 8.61 Å². The van der Waals surface area contributed by atoms with Crippen LogP contribution in [0, 0.1) is 5.92 Å². The van der Waals surface area contributed by atoms with E-state index >= 15 is 0 Å². The van der Waals surface area contributed by atoms with Crippen molar-refractivity contribution in [2.75, 3.05) is 26.2 Å². The molecule has 1 saturated carbocycles. The molecule has 2 aliphatic heterocycles. The molecular weight excluding hydrogens is 312 g/mol. The maximum atomic E-state index is 12.9. The van der Waals surface area contributed by atoms with Gasteiger partial charge < -0.3 is 4.74 Å². The zero-order chi connectivity index (χ0) is 15.9. The van der Waals surface area contributed by atoms with Crippen molar-refractivity contribution in [3.8, 4) is 0 Å². The first-order valence-electron chi connectivity index (χ1n) is 8.60. The molecule has 126 valence electrons. The van der Waals surface area contributed by atoms with Gasteiger partial charge in [0.2, 0.25) is 0 Å². The molecule has 1 aromatic carbocycles. The first-order chi connectivity index (χ1) is 11.1. The first kappa shape index (κ1) is 15.6. The highest BCUT2D eigenvalue weighted by molar-refractivity contribution is 7.86. The molecule has 0 amide bonds. The lowest BCUT2D eigenvalue weighted by Gasteiger charge is -2.39. The van der Waals surface area contributed by atoms with Crippen molar-refractivity contribution in [3.63, 3.8) is 0 Å². The van der Waals surface area contributed by atoms with Gasteiger partial charge in [-0.15, -0.1) is 0 Å². The molecule has 23 heavy (non-hydrogen) atoms. The Hall–Kier alpha value is -0.950. The third kappa shape index (κ3) is 3.18. The van der Waals surface area contributed by atoms with E-state index < -0.39 is 10.2 Å². The minimum atomic E-state index is -3.35. The second kappa shape index (κ2) is 6.16. The standard InChI is InChI=1S/C17H24N2O3S/c20-23(21,18-10-4-5-11-18)19-12-16(14-6-2-1-3-7-14)22-17(13-19)15-8-9-15/h1-3,6-7,15-17H,4-5,8-13H2/t16-,17+/m0/s1. The van der Waals surface area contributed by atoms with Gasteiger partial charge in [-0.25, -0.2) is 0 Å². The number of benzene rings is 1. The molecule has 0 bridgehead atoms. The van der Waals surface area contributed by atoms with Crippen molar-refractivity contribution in [2.45, 2.75) is 37.9 Å². The molecule has 5 nitrogen and oxygen atoms in total. The first-order valence-corrected chi connectivity index (χ1v) is 10.00. The van der Waals surface area contributed by atoms with Gasteiger partial charge in [-0.05, 0) is 37.2 Å². The van der Waals surface area contributed by atoms with E-state index in [0.717, 1.165) is 31.2 Å². The van der Waals surface area contributed by atoms with E-state index in [1.54, 1.807) is 8.61 Å². The number of rotatable bonds is 4. The smallest absolute Gasteiger partial charge is 0.282 e. The van der Waals surface area contributed by atoms with Crippen LogP contribution >= 0.6 is 0 Å². The van der Waals surface area contributed by atoms with Crippen LogP contribution in [0.1, 0.15) is 37.4 Å². The Morgan fingerprint density at radius 3 is 2.30 bits per heavy atom. The Kier molecular flexibility index (Phi) is 4.17. The zero-order valence-electron chi connectivity index (χ0n) is 13.3. The van der Waals surface area contributed by atoms with Crippen LogP contribution in [-0.4, -0.2) is 49.3 Å². The SMILES string of the molecule is O=S(=O)(N1CCCC1)N1C[C@@H](c2ccccc2)O[C@@H](C2CC2)C1. The maximum absolute atomic E-state index is 12.9. The lowest BCUT2D eigenvalue weighted by atomic mass is 10.1. The highest BCUT2D eigenvalue weighted by Crippen LogP contribution is 2.40. The Labute approximate surface area is 138 Å². The van der Waals surface area contributed by atoms with Crippen LogP contribution in [-0.2, 0) is 14.9 Å². The number of nitrogens with zero attached hydrogens (tertiary/aromatic N) is 2. The predicted octanol–water partition coefficient (Wildman–Crippen LogP) is 2.18. The topological polar surface area (TPSA) is 49.9 Å². The van der Waals surface area contributed by atoms with Gasteiger partial charge in [0.1, 0.15) is 0 Å². The monoisotopic (exact) mass is 336 g/mol. The van der Waals surface area contributed by atoms with Gasteiger partial charge in [0.15, 0.2) is 0 Å². The van der Waals surface area contributed by atoms with Gasteiger partial charge in [0, 0.05) is 26.2 Å². The fourth-order valence-electron chi connectivity index (χ4n) is 3.61. The normalized spacial score (nSPS) is 30.6. The molecule has 3 fully saturated rings. The summed E-state index contributed by atoms with van der Waals surface area (Å²) in [6.07, 6.45) is 4.13. The number of hydrogen-bond acceptors (Lipinski definition) is 3. The minimum absolute atomic E-state index is 0.0336. The third-order valence-electron chi connectivity index (χ3n) is 5.13. The molecule has 2 saturated heterocycles. The fraction of sp³-hybridized carbons (Fsp3) is 0.647. The molecule has 0 unspecified atom stereocenters. The minimum Gasteiger partial charge on any atom is -0.367 e. The van der Waals surface area contributed by atoms with E-state index in [9.17, 15) is 8.42 Å². The molecular formula is C17H24N2O3S. The summed E-state index contributed by atoms with van der Waals surface area (Å²) < 4.78 is 35.5. The third-order valence-corrected chi connectivity index (χ3v) is 7.10. The number of morpholine rings is 1. The summed E-state index contributed by atoms with van der Waals surface area (Å²) in [6, 6.07) is 10.0. The Morgan fingerprint density at radius 1 is 0.957 bits per heavy atom. The Bertz CT molecular complexity index is 639. The van der Waals surface area contributed by atoms with Crippen LogP contribution < -0.4 is 0 Å². The molecule has 3 aliphatic rings. The number of ether oxygens (including phenoxy) is 1. The van der Waals surface area contributed by atoms with Crippen LogP contribution in [0.5, 0.6) is 0 Å². The van der Waals surface area contributed by atoms with Crippen LogP contribution in [0.2, 0.25) is 0 Å². The van der Waals surface area contributed by atoms with Gasteiger partial charge >= 0.3 is 0 Å². The largest absolute Gasteiger partial charge is 0.367 e. The summed E-state index contributed by atoms with van der Waals surface area (Å²) in [7, 11) is -3.35. The molecule has 0 radical (unpaired) electrons. The van der Waals surface area contributed by atoms with Crippen LogP contribution in [0.3, 0.4) is 0 Å². The highest BCUT2D eigenvalue weighted by Gasteiger charge is 2.43. The maximum Gasteiger partial charge on any atom is 0.282 e. The van der Waals surface area contributed by atoms with Gasteiger partial charge in [0.05, 0.1) is 12.2 Å². The molecule has 2 atom stereocenters. The lowest BCUT2D eigenvalue weighted by Crippen LogP contribution is -2.52. The molecule has 0 N–H and O–H groups in total. The molecule has 1 aromatic rings. The summed E-state index contributed by atoms with van der Waals surface area (Å²) in [6.45, 7) is 2.24. The van der Waals surface area contributed by atoms with E-state index in [2.05, 4.69) is 0 Å². The quantitative estimate of drug-likeness (QED) is 0.847. The van der Waals surface area contributed by atoms with Gasteiger partial charge in [-0.2, -0.15) is 17.0 Å². The Morgan fingerprint density at radius 2 is 1.65 bits per heavy atom. The molecule has 1 aliphatic carbocycles. The summed E-state index contributed by atoms with van der Waals surface area (Å²) in [4.78, 5) is 0. The van der Waals surface area contributed by atoms with Crippen LogP contribution in [0.4, 0.5) is 0 Å². The number of hydrogen-bond donors (Lipinski definition) is 0. The van der Waals surface area contributed by atoms with E-state index in [1.807, 2.05) is 30.3 Å². The molecule has 2 heterocycles. The van der Waals surface area contributed by atoms with Crippen molar-refractivity contribution in [1.29, 1.82) is 0 Å². The van der Waals surface area contributed by atoms with Crippen molar-refractivity contribution in [2.24, 2.45) is 5.92 Å². The molecule has 4 rings (SSSR count). The lowest BCUT2D eigenvalue weighted by molar-refractivity contribution is -0.0757. The van der Waals surface area contributed by atoms with Crippen molar-refractivity contribution in [3.05, 3.63) is 35.9 Å². The van der Waals surface area contributed by atoms with E-state index in [0.29, 0.717) is 32.1 Å². The average molecular weight is 336 g/mol. The predicted molar refractivity (Wildman–Crippen MR) is 88.1 cm³/mol. The van der Waals surface area contributed by atoms with Gasteiger partial charge in [-0.1, -0.05) is 30.3 Å². The highest BCUT2D eigenvalue weighted by atomic mass is 32.2. The van der Waals surface area contributed by atoms with E-state index in [1.165, 1.54) is 0 Å². The second-order valence-corrected chi connectivity index (χ2v) is 8.77. The molecule has 0 aromatic heterocycles.